The van der Waals surface area contributed by atoms with Crippen LogP contribution in [0.25, 0.3) is 6.08 Å². The minimum Gasteiger partial charge on any atom is -0.493 e. The van der Waals surface area contributed by atoms with Crippen LogP contribution in [-0.2, 0) is 9.53 Å². The normalized spacial score (nSPS) is 14.9. The molecule has 4 rings (SSSR count). The molecule has 0 aliphatic carbocycles. The molecule has 1 aliphatic rings. The third-order valence-electron chi connectivity index (χ3n) is 6.40. The summed E-state index contributed by atoms with van der Waals surface area (Å²) in [6, 6.07) is 10.5. The molecule has 0 radical (unpaired) electrons. The highest BCUT2D eigenvalue weighted by Gasteiger charge is 2.34. The zero-order chi connectivity index (χ0) is 28.8. The molecule has 210 valence electrons. The van der Waals surface area contributed by atoms with Crippen molar-refractivity contribution in [3.8, 4) is 11.5 Å². The lowest BCUT2D eigenvalue weighted by Crippen LogP contribution is -2.40. The van der Waals surface area contributed by atoms with E-state index in [-0.39, 0.29) is 23.4 Å². The van der Waals surface area contributed by atoms with E-state index in [0.717, 1.165) is 30.6 Å². The summed E-state index contributed by atoms with van der Waals surface area (Å²) in [7, 11) is 1.54. The molecule has 0 amide bonds. The molecule has 0 bridgehead atoms. The fourth-order valence-corrected chi connectivity index (χ4v) is 5.54. The van der Waals surface area contributed by atoms with Crippen LogP contribution in [-0.4, -0.2) is 35.8 Å². The molecular weight excluding hydrogens is 534 g/mol. The molecule has 0 spiro atoms. The third-order valence-corrected chi connectivity index (χ3v) is 7.39. The van der Waals surface area contributed by atoms with E-state index in [4.69, 9.17) is 14.2 Å². The fourth-order valence-electron chi connectivity index (χ4n) is 4.49. The van der Waals surface area contributed by atoms with Gasteiger partial charge < -0.3 is 14.2 Å². The number of hydrogen-bond acceptors (Lipinski definition) is 9. The van der Waals surface area contributed by atoms with Gasteiger partial charge in [0.25, 0.3) is 11.2 Å². The number of nitro benzene ring substituents is 1. The second-order valence-corrected chi connectivity index (χ2v) is 10.1. The maximum absolute atomic E-state index is 13.8. The van der Waals surface area contributed by atoms with Crippen LogP contribution >= 0.6 is 11.3 Å². The van der Waals surface area contributed by atoms with Crippen LogP contribution in [0, 0.1) is 10.1 Å². The van der Waals surface area contributed by atoms with Gasteiger partial charge in [-0.05, 0) is 49.6 Å². The zero-order valence-electron chi connectivity index (χ0n) is 22.8. The Hall–Kier alpha value is -4.25. The van der Waals surface area contributed by atoms with Crippen molar-refractivity contribution in [2.24, 2.45) is 4.99 Å². The van der Waals surface area contributed by atoms with Crippen molar-refractivity contribution in [3.05, 3.63) is 94.7 Å². The van der Waals surface area contributed by atoms with Gasteiger partial charge in [-0.15, -0.1) is 0 Å². The SMILES string of the molecule is CCCCCOc1ccc(C2C(C(=O)OCC)=C(C)N=c3s/c(=C\c4cccc([N+](=O)[O-])c4)c(=O)n32)cc1OC. The van der Waals surface area contributed by atoms with Gasteiger partial charge in [0, 0.05) is 12.1 Å². The van der Waals surface area contributed by atoms with Crippen molar-refractivity contribution in [2.75, 3.05) is 20.3 Å². The predicted octanol–water partition coefficient (Wildman–Crippen LogP) is 4.28. The quantitative estimate of drug-likeness (QED) is 0.147. The van der Waals surface area contributed by atoms with Crippen LogP contribution in [0.3, 0.4) is 0 Å². The van der Waals surface area contributed by atoms with Crippen molar-refractivity contribution in [2.45, 2.75) is 46.1 Å². The minimum absolute atomic E-state index is 0.0797. The molecule has 0 fully saturated rings. The number of allylic oxidation sites excluding steroid dienone is 1. The smallest absolute Gasteiger partial charge is 0.338 e. The number of aromatic nitrogens is 1. The Morgan fingerprint density at radius 1 is 1.18 bits per heavy atom. The molecular formula is C29H31N3O7S. The van der Waals surface area contributed by atoms with E-state index in [9.17, 15) is 19.7 Å². The van der Waals surface area contributed by atoms with Gasteiger partial charge in [0.2, 0.25) is 0 Å². The molecule has 3 aromatic rings. The summed E-state index contributed by atoms with van der Waals surface area (Å²) in [6.45, 7) is 6.25. The maximum atomic E-state index is 13.8. The van der Waals surface area contributed by atoms with Gasteiger partial charge in [0.05, 0.1) is 47.1 Å². The van der Waals surface area contributed by atoms with Crippen molar-refractivity contribution >= 4 is 29.1 Å². The van der Waals surface area contributed by atoms with Gasteiger partial charge in [0.1, 0.15) is 0 Å². The largest absolute Gasteiger partial charge is 0.493 e. The molecule has 0 saturated carbocycles. The molecule has 10 nitrogen and oxygen atoms in total. The first kappa shape index (κ1) is 28.8. The molecule has 0 N–H and O–H groups in total. The highest BCUT2D eigenvalue weighted by molar-refractivity contribution is 7.07. The van der Waals surface area contributed by atoms with Gasteiger partial charge in [-0.1, -0.05) is 49.3 Å². The number of esters is 1. The summed E-state index contributed by atoms with van der Waals surface area (Å²) < 4.78 is 18.7. The lowest BCUT2D eigenvalue weighted by Gasteiger charge is -2.25. The summed E-state index contributed by atoms with van der Waals surface area (Å²) in [5.41, 5.74) is 1.35. The summed E-state index contributed by atoms with van der Waals surface area (Å²) in [4.78, 5) is 42.7. The summed E-state index contributed by atoms with van der Waals surface area (Å²) in [5.74, 6) is 0.477. The van der Waals surface area contributed by atoms with Crippen LogP contribution in [0.1, 0.15) is 57.2 Å². The molecule has 40 heavy (non-hydrogen) atoms. The monoisotopic (exact) mass is 565 g/mol. The Balaban J connectivity index is 1.86. The molecule has 2 aromatic carbocycles. The first-order valence-electron chi connectivity index (χ1n) is 13.0. The van der Waals surface area contributed by atoms with Crippen molar-refractivity contribution < 1.29 is 23.9 Å². The molecule has 1 aliphatic heterocycles. The number of hydrogen-bond donors (Lipinski definition) is 0. The highest BCUT2D eigenvalue weighted by atomic mass is 32.1. The van der Waals surface area contributed by atoms with Gasteiger partial charge in [-0.2, -0.15) is 0 Å². The van der Waals surface area contributed by atoms with E-state index in [1.165, 1.54) is 23.8 Å². The third kappa shape index (κ3) is 5.99. The second kappa shape index (κ2) is 12.7. The van der Waals surface area contributed by atoms with E-state index in [0.29, 0.717) is 44.3 Å². The number of unbranched alkanes of at least 4 members (excludes halogenated alkanes) is 2. The zero-order valence-corrected chi connectivity index (χ0v) is 23.7. The Labute approximate surface area is 235 Å². The Morgan fingerprint density at radius 3 is 2.67 bits per heavy atom. The fraction of sp³-hybridized carbons (Fsp3) is 0.345. The Bertz CT molecular complexity index is 1640. The topological polar surface area (TPSA) is 122 Å². The average molecular weight is 566 g/mol. The maximum Gasteiger partial charge on any atom is 0.338 e. The van der Waals surface area contributed by atoms with Crippen LogP contribution in [0.2, 0.25) is 0 Å². The number of thiazole rings is 1. The molecule has 11 heteroatoms. The van der Waals surface area contributed by atoms with E-state index < -0.39 is 16.9 Å². The van der Waals surface area contributed by atoms with Gasteiger partial charge >= 0.3 is 5.97 Å². The number of non-ortho nitro benzene ring substituents is 1. The summed E-state index contributed by atoms with van der Waals surface area (Å²) in [5, 5.41) is 11.2. The summed E-state index contributed by atoms with van der Waals surface area (Å²) >= 11 is 1.15. The number of carbonyl (C=O) groups excluding carboxylic acids is 1. The Morgan fingerprint density at radius 2 is 1.98 bits per heavy atom. The van der Waals surface area contributed by atoms with Crippen LogP contribution in [0.5, 0.6) is 11.5 Å². The number of carbonyl (C=O) groups is 1. The van der Waals surface area contributed by atoms with Crippen molar-refractivity contribution in [3.63, 3.8) is 0 Å². The average Bonchev–Trinajstić information content (AvgIpc) is 3.24. The lowest BCUT2D eigenvalue weighted by molar-refractivity contribution is -0.384. The first-order valence-corrected chi connectivity index (χ1v) is 13.9. The number of fused-ring (bicyclic) bond motifs is 1. The van der Waals surface area contributed by atoms with Gasteiger partial charge in [0.15, 0.2) is 16.3 Å². The van der Waals surface area contributed by atoms with Gasteiger partial charge in [-0.25, -0.2) is 9.79 Å². The molecule has 0 saturated heterocycles. The number of benzene rings is 2. The predicted molar refractivity (Wildman–Crippen MR) is 152 cm³/mol. The van der Waals surface area contributed by atoms with Crippen LogP contribution < -0.4 is 24.4 Å². The Kier molecular flexibility index (Phi) is 9.15. The molecule has 2 heterocycles. The first-order chi connectivity index (χ1) is 19.3. The summed E-state index contributed by atoms with van der Waals surface area (Å²) in [6.07, 6.45) is 4.63. The molecule has 1 atom stereocenters. The van der Waals surface area contributed by atoms with E-state index in [1.54, 1.807) is 50.3 Å². The molecule has 1 aromatic heterocycles. The number of nitrogens with zero attached hydrogens (tertiary/aromatic N) is 3. The highest BCUT2D eigenvalue weighted by Crippen LogP contribution is 2.36. The standard InChI is InChI=1S/C29H31N3O7S/c1-5-7-8-14-39-22-13-12-20(17-23(22)37-4)26-25(28(34)38-6-2)18(3)30-29-31(26)27(33)24(40-29)16-19-10-9-11-21(15-19)32(35)36/h9-13,15-17,26H,5-8,14H2,1-4H3/b24-16-. The number of ether oxygens (including phenoxy) is 3. The van der Waals surface area contributed by atoms with Crippen molar-refractivity contribution in [1.29, 1.82) is 0 Å². The van der Waals surface area contributed by atoms with E-state index >= 15 is 0 Å². The molecule has 1 unspecified atom stereocenters. The minimum atomic E-state index is -0.828. The number of nitro groups is 1. The van der Waals surface area contributed by atoms with E-state index in [2.05, 4.69) is 11.9 Å². The van der Waals surface area contributed by atoms with Crippen LogP contribution in [0.15, 0.2) is 63.5 Å². The van der Waals surface area contributed by atoms with Gasteiger partial charge in [-0.3, -0.25) is 19.5 Å². The van der Waals surface area contributed by atoms with E-state index in [1.807, 2.05) is 0 Å². The number of methoxy groups -OCH3 is 1. The second-order valence-electron chi connectivity index (χ2n) is 9.12. The lowest BCUT2D eigenvalue weighted by atomic mass is 9.95. The van der Waals surface area contributed by atoms with Crippen LogP contribution in [0.4, 0.5) is 5.69 Å². The van der Waals surface area contributed by atoms with Crippen molar-refractivity contribution in [1.82, 2.24) is 4.57 Å². The number of rotatable bonds is 11.